The number of aryl methyl sites for hydroxylation is 1. The van der Waals surface area contributed by atoms with E-state index in [4.69, 9.17) is 21.1 Å². The van der Waals surface area contributed by atoms with Gasteiger partial charge in [-0.2, -0.15) is 13.2 Å². The van der Waals surface area contributed by atoms with Gasteiger partial charge in [-0.15, -0.1) is 0 Å². The fraction of sp³-hybridized carbons (Fsp3) is 0.423. The van der Waals surface area contributed by atoms with E-state index in [-0.39, 0.29) is 30.2 Å². The molecule has 2 N–H and O–H groups in total. The third-order valence-corrected chi connectivity index (χ3v) is 5.44. The molecule has 0 fully saturated rings. The molecule has 0 heterocycles. The number of alkyl carbamates (subject to hydrolysis) is 1. The Labute approximate surface area is 218 Å². The number of anilines is 1. The monoisotopic (exact) mass is 542 g/mol. The van der Waals surface area contributed by atoms with Crippen LogP contribution in [0.25, 0.3) is 0 Å². The first-order valence-corrected chi connectivity index (χ1v) is 11.9. The molecule has 2 aromatic rings. The lowest BCUT2D eigenvalue weighted by Crippen LogP contribution is -2.51. The van der Waals surface area contributed by atoms with E-state index in [2.05, 4.69) is 5.32 Å². The molecule has 0 bridgehead atoms. The molecule has 2 amide bonds. The van der Waals surface area contributed by atoms with Crippen molar-refractivity contribution in [1.29, 1.82) is 0 Å². The summed E-state index contributed by atoms with van der Waals surface area (Å²) < 4.78 is 50.7. The zero-order valence-corrected chi connectivity index (χ0v) is 21.7. The third kappa shape index (κ3) is 10.3. The lowest BCUT2D eigenvalue weighted by Gasteiger charge is -2.26. The molecule has 0 saturated heterocycles. The number of benzene rings is 2. The minimum absolute atomic E-state index is 0.0344. The van der Waals surface area contributed by atoms with E-state index in [9.17, 15) is 27.6 Å². The van der Waals surface area contributed by atoms with Gasteiger partial charge in [-0.25, -0.2) is 4.79 Å². The van der Waals surface area contributed by atoms with Crippen LogP contribution in [-0.4, -0.2) is 35.8 Å². The SMILES string of the molecule is CC(C(NC(=O)OCc1ccccc1)C(=O)Nc1cc(CCC(=O)OC(C)(C)C)ccc1Cl)C(F)(F)F. The molecule has 7 nitrogen and oxygen atoms in total. The maximum atomic E-state index is 13.5. The maximum Gasteiger partial charge on any atom is 0.408 e. The predicted octanol–water partition coefficient (Wildman–Crippen LogP) is 6.05. The van der Waals surface area contributed by atoms with Crippen LogP contribution in [0.5, 0.6) is 0 Å². The first-order valence-electron chi connectivity index (χ1n) is 11.5. The average Bonchev–Trinajstić information content (AvgIpc) is 2.80. The van der Waals surface area contributed by atoms with Crippen LogP contribution in [0.3, 0.4) is 0 Å². The molecule has 0 aliphatic heterocycles. The Hall–Kier alpha value is -3.27. The number of hydrogen-bond donors (Lipinski definition) is 2. The van der Waals surface area contributed by atoms with Crippen molar-refractivity contribution in [3.05, 3.63) is 64.7 Å². The highest BCUT2D eigenvalue weighted by Crippen LogP contribution is 2.30. The molecule has 0 radical (unpaired) electrons. The van der Waals surface area contributed by atoms with E-state index in [0.717, 1.165) is 6.92 Å². The number of esters is 1. The number of hydrogen-bond acceptors (Lipinski definition) is 5. The van der Waals surface area contributed by atoms with Crippen molar-refractivity contribution in [2.75, 3.05) is 5.32 Å². The zero-order valence-electron chi connectivity index (χ0n) is 20.9. The minimum Gasteiger partial charge on any atom is -0.460 e. The Balaban J connectivity index is 2.11. The molecule has 0 saturated carbocycles. The second-order valence-corrected chi connectivity index (χ2v) is 9.81. The molecule has 0 aliphatic carbocycles. The molecule has 0 spiro atoms. The van der Waals surface area contributed by atoms with Crippen LogP contribution in [-0.2, 0) is 32.1 Å². The summed E-state index contributed by atoms with van der Waals surface area (Å²) in [5.41, 5.74) is 0.612. The van der Waals surface area contributed by atoms with E-state index in [1.165, 1.54) is 12.1 Å². The van der Waals surface area contributed by atoms with Crippen molar-refractivity contribution in [3.8, 4) is 0 Å². The summed E-state index contributed by atoms with van der Waals surface area (Å²) in [6.07, 6.45) is -5.67. The average molecular weight is 543 g/mol. The largest absolute Gasteiger partial charge is 0.460 e. The van der Waals surface area contributed by atoms with Gasteiger partial charge in [0.05, 0.1) is 16.6 Å². The number of halogens is 4. The summed E-state index contributed by atoms with van der Waals surface area (Å²) in [6.45, 7) is 5.81. The van der Waals surface area contributed by atoms with Crippen molar-refractivity contribution in [2.45, 2.75) is 65.0 Å². The smallest absolute Gasteiger partial charge is 0.408 e. The molecule has 202 valence electrons. The zero-order chi connectivity index (χ0) is 27.8. The summed E-state index contributed by atoms with van der Waals surface area (Å²) >= 11 is 6.15. The number of carbonyl (C=O) groups is 3. The lowest BCUT2D eigenvalue weighted by atomic mass is 10.0. The number of nitrogens with one attached hydrogen (secondary N) is 2. The number of amides is 2. The molecule has 2 unspecified atom stereocenters. The summed E-state index contributed by atoms with van der Waals surface area (Å²) in [7, 11) is 0. The van der Waals surface area contributed by atoms with Crippen LogP contribution in [0.2, 0.25) is 5.02 Å². The van der Waals surface area contributed by atoms with E-state index in [1.54, 1.807) is 57.2 Å². The van der Waals surface area contributed by atoms with Crippen molar-refractivity contribution < 1.29 is 37.0 Å². The first kappa shape index (κ1) is 30.0. The lowest BCUT2D eigenvalue weighted by molar-refractivity contribution is -0.178. The highest BCUT2D eigenvalue weighted by Gasteiger charge is 2.45. The maximum absolute atomic E-state index is 13.5. The van der Waals surface area contributed by atoms with Gasteiger partial charge in [-0.3, -0.25) is 9.59 Å². The Kier molecular flexibility index (Phi) is 10.4. The number of alkyl halides is 3. The second-order valence-electron chi connectivity index (χ2n) is 9.40. The van der Waals surface area contributed by atoms with Gasteiger partial charge in [-0.1, -0.05) is 54.9 Å². The van der Waals surface area contributed by atoms with Crippen LogP contribution < -0.4 is 10.6 Å². The van der Waals surface area contributed by atoms with Gasteiger partial charge in [0.15, 0.2) is 0 Å². The molecule has 0 aliphatic rings. The third-order valence-electron chi connectivity index (χ3n) is 5.11. The number of carbonyl (C=O) groups excluding carboxylic acids is 3. The van der Waals surface area contributed by atoms with Crippen LogP contribution in [0, 0.1) is 5.92 Å². The number of rotatable bonds is 9. The van der Waals surface area contributed by atoms with Gasteiger partial charge in [0, 0.05) is 6.42 Å². The fourth-order valence-electron chi connectivity index (χ4n) is 3.17. The van der Waals surface area contributed by atoms with Crippen LogP contribution in [0.15, 0.2) is 48.5 Å². The minimum atomic E-state index is -4.78. The first-order chi connectivity index (χ1) is 17.2. The van der Waals surface area contributed by atoms with E-state index in [1.807, 2.05) is 5.32 Å². The summed E-state index contributed by atoms with van der Waals surface area (Å²) in [5.74, 6) is -3.79. The molecule has 2 aromatic carbocycles. The Morgan fingerprint density at radius 2 is 1.65 bits per heavy atom. The Morgan fingerprint density at radius 1 is 1.00 bits per heavy atom. The van der Waals surface area contributed by atoms with E-state index >= 15 is 0 Å². The van der Waals surface area contributed by atoms with Gasteiger partial charge in [0.25, 0.3) is 0 Å². The van der Waals surface area contributed by atoms with E-state index in [0.29, 0.717) is 11.1 Å². The quantitative estimate of drug-likeness (QED) is 0.376. The van der Waals surface area contributed by atoms with Crippen molar-refractivity contribution in [3.63, 3.8) is 0 Å². The molecule has 2 rings (SSSR count). The highest BCUT2D eigenvalue weighted by atomic mass is 35.5. The van der Waals surface area contributed by atoms with Crippen molar-refractivity contribution in [2.24, 2.45) is 5.92 Å². The van der Waals surface area contributed by atoms with E-state index < -0.39 is 41.7 Å². The molecule has 11 heteroatoms. The fourth-order valence-corrected chi connectivity index (χ4v) is 3.34. The van der Waals surface area contributed by atoms with Gasteiger partial charge in [-0.05, 0) is 50.5 Å². The van der Waals surface area contributed by atoms with Gasteiger partial charge in [0.1, 0.15) is 18.2 Å². The summed E-state index contributed by atoms with van der Waals surface area (Å²) in [6, 6.07) is 11.1. The van der Waals surface area contributed by atoms with Crippen LogP contribution >= 0.6 is 11.6 Å². The standard InChI is InChI=1S/C26H30ClF3N2O5/c1-16(26(28,29)30)22(32-24(35)36-15-18-8-6-5-7-9-18)23(34)31-20-14-17(10-12-19(20)27)11-13-21(33)37-25(2,3)4/h5-10,12,14,16,22H,11,13,15H2,1-4H3,(H,31,34)(H,32,35). The normalized spacial score (nSPS) is 13.3. The van der Waals surface area contributed by atoms with Gasteiger partial charge >= 0.3 is 18.2 Å². The summed E-state index contributed by atoms with van der Waals surface area (Å²) in [4.78, 5) is 37.1. The van der Waals surface area contributed by atoms with Gasteiger partial charge in [0.2, 0.25) is 5.91 Å². The highest BCUT2D eigenvalue weighted by molar-refractivity contribution is 6.33. The summed E-state index contributed by atoms with van der Waals surface area (Å²) in [5, 5.41) is 4.43. The van der Waals surface area contributed by atoms with Crippen LogP contribution in [0.4, 0.5) is 23.7 Å². The molecule has 0 aromatic heterocycles. The predicted molar refractivity (Wildman–Crippen MR) is 133 cm³/mol. The van der Waals surface area contributed by atoms with Gasteiger partial charge < -0.3 is 20.1 Å². The second kappa shape index (κ2) is 12.8. The van der Waals surface area contributed by atoms with Crippen molar-refractivity contribution >= 4 is 35.3 Å². The topological polar surface area (TPSA) is 93.7 Å². The van der Waals surface area contributed by atoms with Crippen molar-refractivity contribution in [1.82, 2.24) is 5.32 Å². The Morgan fingerprint density at radius 3 is 2.24 bits per heavy atom. The Bertz CT molecular complexity index is 1090. The van der Waals surface area contributed by atoms with Crippen LogP contribution in [0.1, 0.15) is 45.2 Å². The molecular formula is C26H30ClF3N2O5. The molecule has 37 heavy (non-hydrogen) atoms. The molecular weight excluding hydrogens is 513 g/mol. The number of ether oxygens (including phenoxy) is 2. The molecule has 2 atom stereocenters.